The first-order chi connectivity index (χ1) is 8.58. The molecule has 0 radical (unpaired) electrons. The molecule has 18 heavy (non-hydrogen) atoms. The van der Waals surface area contributed by atoms with Crippen molar-refractivity contribution in [2.45, 2.75) is 58.0 Å². The van der Waals surface area contributed by atoms with Crippen LogP contribution < -0.4 is 5.32 Å². The third kappa shape index (κ3) is 2.87. The fraction of sp³-hybridized carbons (Fsp3) is 0.933. The molecule has 2 aliphatic rings. The number of nitriles is 1. The Morgan fingerprint density at radius 1 is 1.33 bits per heavy atom. The van der Waals surface area contributed by atoms with Crippen molar-refractivity contribution in [2.75, 3.05) is 19.6 Å². The summed E-state index contributed by atoms with van der Waals surface area (Å²) in [5.41, 5.74) is -0.247. The molecule has 0 bridgehead atoms. The topological polar surface area (TPSA) is 39.1 Å². The van der Waals surface area contributed by atoms with E-state index in [0.717, 1.165) is 31.2 Å². The Morgan fingerprint density at radius 2 is 2.00 bits per heavy atom. The van der Waals surface area contributed by atoms with Crippen LogP contribution in [-0.2, 0) is 0 Å². The highest BCUT2D eigenvalue weighted by molar-refractivity contribution is 5.13. The highest BCUT2D eigenvalue weighted by atomic mass is 15.2. The van der Waals surface area contributed by atoms with E-state index in [-0.39, 0.29) is 5.54 Å². The zero-order valence-corrected chi connectivity index (χ0v) is 12.1. The molecular weight excluding hydrogens is 222 g/mol. The fourth-order valence-electron chi connectivity index (χ4n) is 3.98. The number of nitrogens with one attached hydrogen (secondary N) is 1. The Labute approximate surface area is 112 Å². The van der Waals surface area contributed by atoms with Gasteiger partial charge in [0.05, 0.1) is 6.07 Å². The van der Waals surface area contributed by atoms with Crippen molar-refractivity contribution in [3.63, 3.8) is 0 Å². The van der Waals surface area contributed by atoms with E-state index in [1.807, 2.05) is 0 Å². The van der Waals surface area contributed by atoms with Crippen LogP contribution >= 0.6 is 0 Å². The monoisotopic (exact) mass is 249 g/mol. The van der Waals surface area contributed by atoms with Gasteiger partial charge < -0.3 is 0 Å². The molecule has 0 spiro atoms. The molecule has 0 aromatic heterocycles. The third-order valence-corrected chi connectivity index (χ3v) is 4.63. The minimum Gasteiger partial charge on any atom is -0.300 e. The van der Waals surface area contributed by atoms with Crippen molar-refractivity contribution in [2.24, 2.45) is 11.8 Å². The standard InChI is InChI=1S/C15H27N3/c1-4-17-15(11-16)6-5-14(8-15)18-9-12(2)7-13(3)10-18/h12-14,17H,4-10H2,1-3H3. The summed E-state index contributed by atoms with van der Waals surface area (Å²) in [7, 11) is 0. The molecule has 2 rings (SSSR count). The number of hydrogen-bond acceptors (Lipinski definition) is 3. The highest BCUT2D eigenvalue weighted by Gasteiger charge is 2.42. The van der Waals surface area contributed by atoms with Crippen molar-refractivity contribution >= 4 is 0 Å². The molecule has 1 heterocycles. The maximum atomic E-state index is 9.44. The second-order valence-corrected chi connectivity index (χ2v) is 6.52. The molecule has 2 fully saturated rings. The van der Waals surface area contributed by atoms with Crippen LogP contribution in [0.5, 0.6) is 0 Å². The number of piperidine rings is 1. The van der Waals surface area contributed by atoms with Gasteiger partial charge in [0.15, 0.2) is 0 Å². The van der Waals surface area contributed by atoms with Crippen molar-refractivity contribution in [1.82, 2.24) is 10.2 Å². The van der Waals surface area contributed by atoms with E-state index in [1.54, 1.807) is 0 Å². The lowest BCUT2D eigenvalue weighted by atomic mass is 9.90. The molecule has 1 N–H and O–H groups in total. The molecule has 3 heteroatoms. The average molecular weight is 249 g/mol. The predicted octanol–water partition coefficient (Wildman–Crippen LogP) is 2.39. The largest absolute Gasteiger partial charge is 0.300 e. The van der Waals surface area contributed by atoms with Crippen LogP contribution in [0.2, 0.25) is 0 Å². The van der Waals surface area contributed by atoms with E-state index in [4.69, 9.17) is 0 Å². The van der Waals surface area contributed by atoms with Crippen LogP contribution in [0.3, 0.4) is 0 Å². The molecule has 4 unspecified atom stereocenters. The summed E-state index contributed by atoms with van der Waals surface area (Å²) in [5, 5.41) is 12.8. The van der Waals surface area contributed by atoms with Crippen LogP contribution in [0.4, 0.5) is 0 Å². The van der Waals surface area contributed by atoms with Gasteiger partial charge in [-0.1, -0.05) is 20.8 Å². The Kier molecular flexibility index (Phi) is 4.29. The summed E-state index contributed by atoms with van der Waals surface area (Å²) in [6.07, 6.45) is 4.57. The zero-order valence-electron chi connectivity index (χ0n) is 12.1. The van der Waals surface area contributed by atoms with Crippen LogP contribution in [0, 0.1) is 23.2 Å². The Hall–Kier alpha value is -0.590. The molecule has 1 saturated heterocycles. The summed E-state index contributed by atoms with van der Waals surface area (Å²) in [4.78, 5) is 2.65. The molecule has 4 atom stereocenters. The van der Waals surface area contributed by atoms with Gasteiger partial charge in [-0.25, -0.2) is 0 Å². The number of nitrogens with zero attached hydrogens (tertiary/aromatic N) is 2. The van der Waals surface area contributed by atoms with E-state index in [1.165, 1.54) is 25.9 Å². The number of rotatable bonds is 3. The number of likely N-dealkylation sites (tertiary alicyclic amines) is 1. The number of hydrogen-bond donors (Lipinski definition) is 1. The fourth-order valence-corrected chi connectivity index (χ4v) is 3.98. The molecule has 102 valence electrons. The molecule has 1 saturated carbocycles. The maximum Gasteiger partial charge on any atom is 0.108 e. The summed E-state index contributed by atoms with van der Waals surface area (Å²) in [6, 6.07) is 3.15. The van der Waals surface area contributed by atoms with Gasteiger partial charge in [-0.05, 0) is 44.1 Å². The average Bonchev–Trinajstić information content (AvgIpc) is 2.73. The summed E-state index contributed by atoms with van der Waals surface area (Å²) >= 11 is 0. The lowest BCUT2D eigenvalue weighted by Crippen LogP contribution is -2.47. The second kappa shape index (κ2) is 5.59. The molecule has 0 amide bonds. The predicted molar refractivity (Wildman–Crippen MR) is 74.2 cm³/mol. The summed E-state index contributed by atoms with van der Waals surface area (Å²) in [6.45, 7) is 10.2. The smallest absolute Gasteiger partial charge is 0.108 e. The van der Waals surface area contributed by atoms with Gasteiger partial charge >= 0.3 is 0 Å². The van der Waals surface area contributed by atoms with Gasteiger partial charge in [-0.2, -0.15) is 5.26 Å². The van der Waals surface area contributed by atoms with Gasteiger partial charge in [0.2, 0.25) is 0 Å². The van der Waals surface area contributed by atoms with E-state index < -0.39 is 0 Å². The molecule has 0 aromatic carbocycles. The minimum absolute atomic E-state index is 0.247. The van der Waals surface area contributed by atoms with Crippen molar-refractivity contribution in [1.29, 1.82) is 5.26 Å². The van der Waals surface area contributed by atoms with Gasteiger partial charge in [-0.15, -0.1) is 0 Å². The molecule has 1 aliphatic carbocycles. The molecule has 3 nitrogen and oxygen atoms in total. The summed E-state index contributed by atoms with van der Waals surface area (Å²) in [5.74, 6) is 1.62. The Morgan fingerprint density at radius 3 is 2.56 bits per heavy atom. The van der Waals surface area contributed by atoms with E-state index in [9.17, 15) is 5.26 Å². The maximum absolute atomic E-state index is 9.44. The van der Waals surface area contributed by atoms with E-state index in [0.29, 0.717) is 6.04 Å². The lowest BCUT2D eigenvalue weighted by molar-refractivity contribution is 0.0951. The van der Waals surface area contributed by atoms with Gasteiger partial charge in [-0.3, -0.25) is 10.2 Å². The Bertz CT molecular complexity index is 312. The first kappa shape index (κ1) is 13.8. The van der Waals surface area contributed by atoms with Gasteiger partial charge in [0.25, 0.3) is 0 Å². The first-order valence-electron chi connectivity index (χ1n) is 7.49. The van der Waals surface area contributed by atoms with Crippen molar-refractivity contribution in [3.05, 3.63) is 0 Å². The van der Waals surface area contributed by atoms with Crippen molar-refractivity contribution < 1.29 is 0 Å². The zero-order chi connectivity index (χ0) is 13.2. The third-order valence-electron chi connectivity index (χ3n) is 4.63. The van der Waals surface area contributed by atoms with Crippen LogP contribution in [0.15, 0.2) is 0 Å². The van der Waals surface area contributed by atoms with Gasteiger partial charge in [0.1, 0.15) is 5.54 Å². The SMILES string of the molecule is CCNC1(C#N)CCC(N2CC(C)CC(C)C2)C1. The van der Waals surface area contributed by atoms with E-state index >= 15 is 0 Å². The second-order valence-electron chi connectivity index (χ2n) is 6.52. The molecule has 1 aliphatic heterocycles. The van der Waals surface area contributed by atoms with Crippen molar-refractivity contribution in [3.8, 4) is 6.07 Å². The van der Waals surface area contributed by atoms with E-state index in [2.05, 4.69) is 37.1 Å². The van der Waals surface area contributed by atoms with Gasteiger partial charge in [0, 0.05) is 19.1 Å². The minimum atomic E-state index is -0.247. The highest BCUT2D eigenvalue weighted by Crippen LogP contribution is 2.35. The molecular formula is C15H27N3. The first-order valence-corrected chi connectivity index (χ1v) is 7.49. The lowest BCUT2D eigenvalue weighted by Gasteiger charge is -2.39. The van der Waals surface area contributed by atoms with Crippen LogP contribution in [0.25, 0.3) is 0 Å². The molecule has 0 aromatic rings. The van der Waals surface area contributed by atoms with Crippen LogP contribution in [0.1, 0.15) is 46.5 Å². The summed E-state index contributed by atoms with van der Waals surface area (Å²) < 4.78 is 0. The quantitative estimate of drug-likeness (QED) is 0.834. The Balaban J connectivity index is 1.98. The van der Waals surface area contributed by atoms with Crippen LogP contribution in [-0.4, -0.2) is 36.1 Å². The normalized spacial score (nSPS) is 41.8.